The number of aromatic nitrogens is 2. The van der Waals surface area contributed by atoms with E-state index in [2.05, 4.69) is 152 Å². The number of nitrogens with zero attached hydrogens (tertiary/aromatic N) is 2. The van der Waals surface area contributed by atoms with Crippen molar-refractivity contribution in [3.63, 3.8) is 0 Å². The lowest BCUT2D eigenvalue weighted by molar-refractivity contribution is 0.661. The first-order valence-electron chi connectivity index (χ1n) is 16.3. The summed E-state index contributed by atoms with van der Waals surface area (Å²) < 4.78 is 0. The standard InChI is InChI=1S/C45H30N2/c1-45(2)40-12-6-5-11-35(40)39-25-37-33-10-4-3-9-32(33)36-24-31(19-21-34(36)38(37)26-41(39)45)27-13-15-28(16-14-27)42-22-20-30-18-17-29-8-7-23-46-43(29)44(30)47-42/h3-26H,1-2H3. The molecule has 2 nitrogen and oxygen atoms in total. The molecule has 0 atom stereocenters. The molecule has 0 saturated carbocycles. The number of rotatable bonds is 2. The Morgan fingerprint density at radius 3 is 1.89 bits per heavy atom. The Bertz CT molecular complexity index is 2750. The van der Waals surface area contributed by atoms with E-state index in [0.29, 0.717) is 0 Å². The molecule has 0 unspecified atom stereocenters. The molecule has 47 heavy (non-hydrogen) atoms. The summed E-state index contributed by atoms with van der Waals surface area (Å²) in [6.45, 7) is 4.72. The zero-order valence-electron chi connectivity index (χ0n) is 26.3. The van der Waals surface area contributed by atoms with Gasteiger partial charge in [-0.2, -0.15) is 0 Å². The minimum absolute atomic E-state index is 0.0384. The fourth-order valence-electron chi connectivity index (χ4n) is 8.05. The summed E-state index contributed by atoms with van der Waals surface area (Å²) in [6.07, 6.45) is 1.84. The average Bonchev–Trinajstić information content (AvgIpc) is 3.36. The third-order valence-corrected chi connectivity index (χ3v) is 10.5. The number of pyridine rings is 2. The minimum atomic E-state index is -0.0384. The Morgan fingerprint density at radius 2 is 1.06 bits per heavy atom. The predicted molar refractivity (Wildman–Crippen MR) is 198 cm³/mol. The van der Waals surface area contributed by atoms with Gasteiger partial charge in [-0.25, -0.2) is 4.98 Å². The van der Waals surface area contributed by atoms with Crippen molar-refractivity contribution in [1.82, 2.24) is 9.97 Å². The lowest BCUT2D eigenvalue weighted by Crippen LogP contribution is -2.14. The van der Waals surface area contributed by atoms with E-state index in [1.807, 2.05) is 12.3 Å². The largest absolute Gasteiger partial charge is 0.254 e. The van der Waals surface area contributed by atoms with Gasteiger partial charge >= 0.3 is 0 Å². The van der Waals surface area contributed by atoms with Crippen LogP contribution in [0.5, 0.6) is 0 Å². The van der Waals surface area contributed by atoms with Gasteiger partial charge in [-0.15, -0.1) is 0 Å². The third-order valence-electron chi connectivity index (χ3n) is 10.5. The Labute approximate surface area is 273 Å². The molecule has 0 saturated heterocycles. The van der Waals surface area contributed by atoms with E-state index in [1.165, 1.54) is 65.7 Å². The van der Waals surface area contributed by atoms with Gasteiger partial charge in [0.05, 0.1) is 16.7 Å². The topological polar surface area (TPSA) is 25.8 Å². The Balaban J connectivity index is 1.11. The normalized spacial score (nSPS) is 13.5. The van der Waals surface area contributed by atoms with Gasteiger partial charge < -0.3 is 0 Å². The fraction of sp³-hybridized carbons (Fsp3) is 0.0667. The lowest BCUT2D eigenvalue weighted by Gasteiger charge is -2.22. The van der Waals surface area contributed by atoms with Crippen molar-refractivity contribution >= 4 is 54.1 Å². The quantitative estimate of drug-likeness (QED) is 0.185. The number of fused-ring (bicyclic) bond motifs is 12. The smallest absolute Gasteiger partial charge is 0.0972 e. The molecule has 0 radical (unpaired) electrons. The van der Waals surface area contributed by atoms with Crippen LogP contribution in [0.2, 0.25) is 0 Å². The van der Waals surface area contributed by atoms with Gasteiger partial charge in [0.15, 0.2) is 0 Å². The monoisotopic (exact) mass is 598 g/mol. The van der Waals surface area contributed by atoms with Gasteiger partial charge in [0.1, 0.15) is 0 Å². The van der Waals surface area contributed by atoms with E-state index in [9.17, 15) is 0 Å². The molecule has 0 N–H and O–H groups in total. The van der Waals surface area contributed by atoms with Crippen LogP contribution in [0.1, 0.15) is 25.0 Å². The molecule has 0 aliphatic heterocycles. The Kier molecular flexibility index (Phi) is 5.37. The van der Waals surface area contributed by atoms with Gasteiger partial charge in [0.2, 0.25) is 0 Å². The fourth-order valence-corrected chi connectivity index (χ4v) is 8.05. The molecule has 10 rings (SSSR count). The molecule has 0 fully saturated rings. The zero-order valence-corrected chi connectivity index (χ0v) is 26.3. The van der Waals surface area contributed by atoms with Crippen LogP contribution in [0, 0.1) is 0 Å². The first-order valence-corrected chi connectivity index (χ1v) is 16.3. The first kappa shape index (κ1) is 26.4. The van der Waals surface area contributed by atoms with Gasteiger partial charge in [0.25, 0.3) is 0 Å². The first-order chi connectivity index (χ1) is 23.0. The van der Waals surface area contributed by atoms with Crippen molar-refractivity contribution < 1.29 is 0 Å². The van der Waals surface area contributed by atoms with Crippen molar-refractivity contribution in [1.29, 1.82) is 0 Å². The van der Waals surface area contributed by atoms with Crippen molar-refractivity contribution in [3.8, 4) is 33.5 Å². The van der Waals surface area contributed by atoms with Gasteiger partial charge in [-0.1, -0.05) is 123 Å². The molecule has 1 aliphatic carbocycles. The SMILES string of the molecule is CC1(C)c2ccccc2-c2cc3c4ccccc4c4cc(-c5ccc(-c6ccc7ccc8cccnc8c7n6)cc5)ccc4c3cc21. The highest BCUT2D eigenvalue weighted by Crippen LogP contribution is 2.51. The molecule has 0 spiro atoms. The summed E-state index contributed by atoms with van der Waals surface area (Å²) in [4.78, 5) is 9.70. The number of hydrogen-bond acceptors (Lipinski definition) is 2. The molecule has 1 aliphatic rings. The summed E-state index contributed by atoms with van der Waals surface area (Å²) in [5.41, 5.74) is 11.8. The molecule has 9 aromatic rings. The van der Waals surface area contributed by atoms with Crippen LogP contribution in [-0.2, 0) is 5.41 Å². The van der Waals surface area contributed by atoms with E-state index in [4.69, 9.17) is 4.98 Å². The van der Waals surface area contributed by atoms with E-state index in [0.717, 1.165) is 33.1 Å². The van der Waals surface area contributed by atoms with E-state index in [1.54, 1.807) is 0 Å². The highest BCUT2D eigenvalue weighted by Gasteiger charge is 2.35. The van der Waals surface area contributed by atoms with Crippen molar-refractivity contribution in [2.24, 2.45) is 0 Å². The summed E-state index contributed by atoms with van der Waals surface area (Å²) in [6, 6.07) is 51.1. The average molecular weight is 599 g/mol. The minimum Gasteiger partial charge on any atom is -0.254 e. The summed E-state index contributed by atoms with van der Waals surface area (Å²) in [5, 5.41) is 10.0. The Hall–Kier alpha value is -5.86. The second kappa shape index (κ2) is 9.57. The highest BCUT2D eigenvalue weighted by molar-refractivity contribution is 6.26. The van der Waals surface area contributed by atoms with Crippen molar-refractivity contribution in [2.45, 2.75) is 19.3 Å². The van der Waals surface area contributed by atoms with Crippen molar-refractivity contribution in [2.75, 3.05) is 0 Å². The van der Waals surface area contributed by atoms with Gasteiger partial charge in [-0.3, -0.25) is 4.98 Å². The number of benzene rings is 7. The zero-order chi connectivity index (χ0) is 31.3. The van der Waals surface area contributed by atoms with E-state index in [-0.39, 0.29) is 5.41 Å². The molecule has 0 amide bonds. The van der Waals surface area contributed by atoms with Crippen LogP contribution in [0.25, 0.3) is 87.6 Å². The maximum Gasteiger partial charge on any atom is 0.0972 e. The van der Waals surface area contributed by atoms with Crippen LogP contribution in [0.3, 0.4) is 0 Å². The highest BCUT2D eigenvalue weighted by atomic mass is 14.7. The number of hydrogen-bond donors (Lipinski definition) is 0. The summed E-state index contributed by atoms with van der Waals surface area (Å²) in [7, 11) is 0. The molecule has 2 aromatic heterocycles. The molecule has 220 valence electrons. The van der Waals surface area contributed by atoms with E-state index >= 15 is 0 Å². The summed E-state index contributed by atoms with van der Waals surface area (Å²) in [5.74, 6) is 0. The van der Waals surface area contributed by atoms with Crippen LogP contribution in [0.4, 0.5) is 0 Å². The molecule has 7 aromatic carbocycles. The van der Waals surface area contributed by atoms with Crippen LogP contribution < -0.4 is 0 Å². The van der Waals surface area contributed by atoms with Crippen molar-refractivity contribution in [3.05, 3.63) is 157 Å². The molecule has 2 heterocycles. The van der Waals surface area contributed by atoms with Gasteiger partial charge in [-0.05, 0) is 96.0 Å². The lowest BCUT2D eigenvalue weighted by atomic mass is 9.81. The second-order valence-corrected chi connectivity index (χ2v) is 13.4. The molecular weight excluding hydrogens is 569 g/mol. The van der Waals surface area contributed by atoms with Crippen LogP contribution in [-0.4, -0.2) is 9.97 Å². The van der Waals surface area contributed by atoms with Crippen LogP contribution >= 0.6 is 0 Å². The predicted octanol–water partition coefficient (Wildman–Crippen LogP) is 11.9. The third kappa shape index (κ3) is 3.79. The maximum absolute atomic E-state index is 5.07. The summed E-state index contributed by atoms with van der Waals surface area (Å²) >= 11 is 0. The second-order valence-electron chi connectivity index (χ2n) is 13.4. The molecular formula is C45H30N2. The Morgan fingerprint density at radius 1 is 0.426 bits per heavy atom. The van der Waals surface area contributed by atoms with Gasteiger partial charge in [0, 0.05) is 27.9 Å². The van der Waals surface area contributed by atoms with Crippen LogP contribution in [0.15, 0.2) is 146 Å². The molecule has 0 bridgehead atoms. The molecule has 2 heteroatoms. The maximum atomic E-state index is 5.07. The van der Waals surface area contributed by atoms with E-state index < -0.39 is 0 Å².